The minimum atomic E-state index is -0.221. The summed E-state index contributed by atoms with van der Waals surface area (Å²) in [5, 5.41) is 10.4. The maximum absolute atomic E-state index is 12.7. The van der Waals surface area contributed by atoms with Gasteiger partial charge in [-0.2, -0.15) is 0 Å². The number of aliphatic hydroxyl groups is 1. The van der Waals surface area contributed by atoms with E-state index in [1.807, 2.05) is 6.92 Å². The number of aliphatic hydroxyl groups excluding tert-OH is 1. The number of carbonyl (C=O) groups is 1. The molecule has 1 saturated heterocycles. The zero-order chi connectivity index (χ0) is 25.7. The molecule has 1 aliphatic heterocycles. The molecule has 0 aromatic rings. The lowest BCUT2D eigenvalue weighted by atomic mass is 9.34. The first-order valence-corrected chi connectivity index (χ1v) is 14.7. The summed E-state index contributed by atoms with van der Waals surface area (Å²) in [6.45, 7) is 18.6. The fraction of sp³-hybridized carbons (Fsp3) is 0.727. The van der Waals surface area contributed by atoms with Crippen LogP contribution in [0.5, 0.6) is 0 Å². The minimum Gasteiger partial charge on any atom is -0.504 e. The Labute approximate surface area is 218 Å². The molecule has 0 bridgehead atoms. The normalized spacial score (nSPS) is 46.8. The molecule has 4 fully saturated rings. The van der Waals surface area contributed by atoms with E-state index in [2.05, 4.69) is 51.7 Å². The predicted molar refractivity (Wildman–Crippen MR) is 147 cm³/mol. The van der Waals surface area contributed by atoms with Crippen LogP contribution in [0.3, 0.4) is 0 Å². The van der Waals surface area contributed by atoms with Crippen molar-refractivity contribution < 1.29 is 9.90 Å². The van der Waals surface area contributed by atoms with E-state index in [0.29, 0.717) is 10.8 Å². The lowest BCUT2D eigenvalue weighted by molar-refractivity contribution is -0.163. The van der Waals surface area contributed by atoms with Gasteiger partial charge in [-0.05, 0) is 123 Å². The third-order valence-corrected chi connectivity index (χ3v) is 12.8. The molecule has 1 N–H and O–H groups in total. The van der Waals surface area contributed by atoms with Gasteiger partial charge in [-0.15, -0.1) is 0 Å². The number of hydrogen-bond donors (Lipinski definition) is 1. The van der Waals surface area contributed by atoms with E-state index in [0.717, 1.165) is 29.1 Å². The summed E-state index contributed by atoms with van der Waals surface area (Å²) >= 11 is 0. The van der Waals surface area contributed by atoms with E-state index in [9.17, 15) is 9.90 Å². The maximum Gasteiger partial charge on any atom is 0.220 e. The molecule has 1 heterocycles. The molecule has 5 aliphatic carbocycles. The van der Waals surface area contributed by atoms with Gasteiger partial charge in [-0.25, -0.2) is 0 Å². The van der Waals surface area contributed by atoms with Crippen molar-refractivity contribution in [3.05, 3.63) is 46.3 Å². The van der Waals surface area contributed by atoms with Crippen LogP contribution in [0, 0.1) is 33.0 Å². The molecule has 0 unspecified atom stereocenters. The zero-order valence-electron chi connectivity index (χ0n) is 23.6. The molecule has 0 radical (unpaired) electrons. The summed E-state index contributed by atoms with van der Waals surface area (Å²) in [5.74, 6) is 0.431. The SMILES string of the molecule is CC1=C(O)C(=O)C=C2C1=CC=C1[C@@]2(C)CC[C@@]2(C)[C@@H]3C[C@](C)(CN4CCCC4)CC[C@]3(C)CC[C@]12C. The fourth-order valence-electron chi connectivity index (χ4n) is 10.1. The van der Waals surface area contributed by atoms with Gasteiger partial charge in [0.05, 0.1) is 0 Å². The van der Waals surface area contributed by atoms with Crippen molar-refractivity contribution in [2.75, 3.05) is 19.6 Å². The minimum absolute atomic E-state index is 0.0785. The van der Waals surface area contributed by atoms with E-state index in [4.69, 9.17) is 0 Å². The van der Waals surface area contributed by atoms with Crippen LogP contribution in [-0.2, 0) is 4.79 Å². The van der Waals surface area contributed by atoms with Crippen LogP contribution in [0.25, 0.3) is 0 Å². The first-order chi connectivity index (χ1) is 16.9. The van der Waals surface area contributed by atoms with Gasteiger partial charge in [0.2, 0.25) is 5.78 Å². The average molecular weight is 490 g/mol. The van der Waals surface area contributed by atoms with Gasteiger partial charge in [-0.3, -0.25) is 4.79 Å². The van der Waals surface area contributed by atoms with Gasteiger partial charge in [-0.1, -0.05) is 52.3 Å². The van der Waals surface area contributed by atoms with Gasteiger partial charge in [0, 0.05) is 17.5 Å². The van der Waals surface area contributed by atoms with Crippen molar-refractivity contribution in [2.45, 2.75) is 99.3 Å². The van der Waals surface area contributed by atoms with Gasteiger partial charge in [0.1, 0.15) is 0 Å². The molecular weight excluding hydrogens is 442 g/mol. The second kappa shape index (κ2) is 7.71. The monoisotopic (exact) mass is 489 g/mol. The molecular formula is C33H47NO2. The number of fused-ring (bicyclic) bond motifs is 7. The molecule has 3 nitrogen and oxygen atoms in total. The standard InChI is InChI=1S/C33H47NO2/c1-22-23-9-10-26-31(4,24(23)19-25(35)28(22)36)14-16-33(6)27-20-29(2,21-34-17-7-8-18-34)11-12-30(27,3)13-15-32(26,33)5/h9-10,19,27,36H,7-8,11-18,20-21H2,1-6H3/t27-,29-,30-,31+,32-,33+/m1/s1. The summed E-state index contributed by atoms with van der Waals surface area (Å²) in [6, 6.07) is 0. The highest BCUT2D eigenvalue weighted by Crippen LogP contribution is 2.75. The number of nitrogens with zero attached hydrogens (tertiary/aromatic N) is 1. The molecule has 0 amide bonds. The Hall–Kier alpha value is -1.61. The first-order valence-electron chi connectivity index (χ1n) is 14.7. The van der Waals surface area contributed by atoms with Crippen LogP contribution >= 0.6 is 0 Å². The summed E-state index contributed by atoms with van der Waals surface area (Å²) in [6.07, 6.45) is 18.1. The molecule has 6 aliphatic rings. The Kier molecular flexibility index (Phi) is 5.29. The molecule has 6 rings (SSSR count). The first kappa shape index (κ1) is 24.7. The van der Waals surface area contributed by atoms with Crippen LogP contribution < -0.4 is 0 Å². The Morgan fingerprint density at radius 3 is 2.36 bits per heavy atom. The number of carbonyl (C=O) groups excluding carboxylic acids is 1. The maximum atomic E-state index is 12.7. The van der Waals surface area contributed by atoms with Crippen LogP contribution in [0.15, 0.2) is 46.3 Å². The Morgan fingerprint density at radius 1 is 0.944 bits per heavy atom. The average Bonchev–Trinajstić information content (AvgIpc) is 3.34. The molecule has 0 spiro atoms. The fourth-order valence-corrected chi connectivity index (χ4v) is 10.1. The second-order valence-electron chi connectivity index (χ2n) is 14.8. The van der Waals surface area contributed by atoms with Gasteiger partial charge >= 0.3 is 0 Å². The van der Waals surface area contributed by atoms with Crippen molar-refractivity contribution in [3.8, 4) is 0 Å². The van der Waals surface area contributed by atoms with Gasteiger partial charge in [0.15, 0.2) is 5.76 Å². The number of ketones is 1. The van der Waals surface area contributed by atoms with E-state index in [-0.39, 0.29) is 27.8 Å². The van der Waals surface area contributed by atoms with Crippen LogP contribution in [0.4, 0.5) is 0 Å². The van der Waals surface area contributed by atoms with Gasteiger partial charge in [0.25, 0.3) is 0 Å². The Morgan fingerprint density at radius 2 is 1.64 bits per heavy atom. The lowest BCUT2D eigenvalue weighted by Crippen LogP contribution is -2.62. The van der Waals surface area contributed by atoms with E-state index in [1.165, 1.54) is 71.0 Å². The highest BCUT2D eigenvalue weighted by atomic mass is 16.3. The highest BCUT2D eigenvalue weighted by Gasteiger charge is 2.66. The van der Waals surface area contributed by atoms with E-state index >= 15 is 0 Å². The van der Waals surface area contributed by atoms with Crippen molar-refractivity contribution in [1.29, 1.82) is 0 Å². The van der Waals surface area contributed by atoms with Crippen LogP contribution in [0.2, 0.25) is 0 Å². The summed E-state index contributed by atoms with van der Waals surface area (Å²) < 4.78 is 0. The molecule has 0 aromatic heterocycles. The molecule has 3 saturated carbocycles. The quantitative estimate of drug-likeness (QED) is 0.432. The molecule has 36 heavy (non-hydrogen) atoms. The molecule has 3 heteroatoms. The van der Waals surface area contributed by atoms with Crippen LogP contribution in [0.1, 0.15) is 99.3 Å². The van der Waals surface area contributed by atoms with Crippen molar-refractivity contribution >= 4 is 5.78 Å². The highest BCUT2D eigenvalue weighted by molar-refractivity contribution is 6.06. The predicted octanol–water partition coefficient (Wildman–Crippen LogP) is 7.71. The van der Waals surface area contributed by atoms with E-state index in [1.54, 1.807) is 11.6 Å². The summed E-state index contributed by atoms with van der Waals surface area (Å²) in [7, 11) is 0. The lowest BCUT2D eigenvalue weighted by Gasteiger charge is -2.70. The van der Waals surface area contributed by atoms with Gasteiger partial charge < -0.3 is 10.0 Å². The summed E-state index contributed by atoms with van der Waals surface area (Å²) in [5.41, 5.74) is 5.63. The molecule has 6 atom stereocenters. The zero-order valence-corrected chi connectivity index (χ0v) is 23.6. The number of allylic oxidation sites excluding steroid dienone is 7. The van der Waals surface area contributed by atoms with Crippen molar-refractivity contribution in [3.63, 3.8) is 0 Å². The Balaban J connectivity index is 1.40. The smallest absolute Gasteiger partial charge is 0.220 e. The largest absolute Gasteiger partial charge is 0.504 e. The number of hydrogen-bond acceptors (Lipinski definition) is 3. The molecule has 196 valence electrons. The Bertz CT molecular complexity index is 1130. The van der Waals surface area contributed by atoms with Crippen molar-refractivity contribution in [2.24, 2.45) is 33.0 Å². The summed E-state index contributed by atoms with van der Waals surface area (Å²) in [4.78, 5) is 15.5. The number of likely N-dealkylation sites (tertiary alicyclic amines) is 1. The topological polar surface area (TPSA) is 40.5 Å². The van der Waals surface area contributed by atoms with Crippen LogP contribution in [-0.4, -0.2) is 35.4 Å². The van der Waals surface area contributed by atoms with Crippen molar-refractivity contribution in [1.82, 2.24) is 4.90 Å². The number of rotatable bonds is 2. The third kappa shape index (κ3) is 3.17. The second-order valence-corrected chi connectivity index (χ2v) is 14.8. The van der Waals surface area contributed by atoms with E-state index < -0.39 is 0 Å². The third-order valence-electron chi connectivity index (χ3n) is 12.8. The molecule has 0 aromatic carbocycles.